The van der Waals surface area contributed by atoms with Crippen LogP contribution in [-0.4, -0.2) is 17.2 Å². The third-order valence-electron chi connectivity index (χ3n) is 4.49. The lowest BCUT2D eigenvalue weighted by molar-refractivity contribution is -0.191. The van der Waals surface area contributed by atoms with Crippen molar-refractivity contribution in [2.45, 2.75) is 44.6 Å². The molecule has 0 radical (unpaired) electrons. The number of nitrogens with zero attached hydrogens (tertiary/aromatic N) is 1. The van der Waals surface area contributed by atoms with Crippen LogP contribution in [0.5, 0.6) is 5.75 Å². The molecule has 2 aliphatic rings. The van der Waals surface area contributed by atoms with Crippen LogP contribution < -0.4 is 10.5 Å². The molecule has 2 N–H and O–H groups in total. The van der Waals surface area contributed by atoms with Gasteiger partial charge in [0, 0.05) is 22.9 Å². The first-order chi connectivity index (χ1) is 10.7. The van der Waals surface area contributed by atoms with Gasteiger partial charge in [0.1, 0.15) is 11.9 Å². The van der Waals surface area contributed by atoms with E-state index in [1.54, 1.807) is 0 Å². The third-order valence-corrected chi connectivity index (χ3v) is 4.49. The van der Waals surface area contributed by atoms with Crippen LogP contribution in [0.4, 0.5) is 5.69 Å². The summed E-state index contributed by atoms with van der Waals surface area (Å²) in [6, 6.07) is 6.23. The highest BCUT2D eigenvalue weighted by Gasteiger charge is 2.37. The Labute approximate surface area is 128 Å². The standard InChI is InChI=1S/C16H18N2O.CO2/c1-9-8-12(17)15-13(18-9)7-6-11-10-4-2-3-5-14(10)19-16(11)15;2-1-3/h6-8,10,14H,2-5H2,1H3,(H2,17,18);. The van der Waals surface area contributed by atoms with E-state index in [4.69, 9.17) is 20.1 Å². The molecule has 4 rings (SSSR count). The summed E-state index contributed by atoms with van der Waals surface area (Å²) in [5, 5.41) is 1.01. The molecular formula is C17H18N2O3. The van der Waals surface area contributed by atoms with Crippen LogP contribution in [0.2, 0.25) is 0 Å². The van der Waals surface area contributed by atoms with Crippen molar-refractivity contribution in [3.63, 3.8) is 0 Å². The van der Waals surface area contributed by atoms with Gasteiger partial charge in [-0.1, -0.05) is 12.5 Å². The highest BCUT2D eigenvalue weighted by atomic mass is 16.5. The molecule has 0 bridgehead atoms. The molecule has 1 fully saturated rings. The average Bonchev–Trinajstić information content (AvgIpc) is 2.85. The summed E-state index contributed by atoms with van der Waals surface area (Å²) in [7, 11) is 0. The number of rotatable bonds is 0. The van der Waals surface area contributed by atoms with E-state index in [-0.39, 0.29) is 6.15 Å². The van der Waals surface area contributed by atoms with Crippen molar-refractivity contribution in [2.24, 2.45) is 0 Å². The molecule has 0 amide bonds. The zero-order valence-electron chi connectivity index (χ0n) is 12.5. The fourth-order valence-corrected chi connectivity index (χ4v) is 3.64. The topological polar surface area (TPSA) is 82.3 Å². The first kappa shape index (κ1) is 14.5. The van der Waals surface area contributed by atoms with Gasteiger partial charge in [0.2, 0.25) is 0 Å². The number of ether oxygens (including phenoxy) is 1. The number of hydrogen-bond acceptors (Lipinski definition) is 5. The molecule has 22 heavy (non-hydrogen) atoms. The molecule has 5 heteroatoms. The van der Waals surface area contributed by atoms with Crippen LogP contribution in [-0.2, 0) is 9.59 Å². The second kappa shape index (κ2) is 5.78. The fourth-order valence-electron chi connectivity index (χ4n) is 3.64. The van der Waals surface area contributed by atoms with Crippen LogP contribution in [0.25, 0.3) is 10.9 Å². The smallest absolute Gasteiger partial charge is 0.373 e. The molecule has 1 aliphatic heterocycles. The second-order valence-corrected chi connectivity index (χ2v) is 5.86. The van der Waals surface area contributed by atoms with Gasteiger partial charge in [-0.05, 0) is 38.3 Å². The summed E-state index contributed by atoms with van der Waals surface area (Å²) in [5.74, 6) is 1.56. The zero-order valence-corrected chi connectivity index (χ0v) is 12.5. The van der Waals surface area contributed by atoms with E-state index in [0.717, 1.165) is 28.0 Å². The van der Waals surface area contributed by atoms with Gasteiger partial charge in [-0.3, -0.25) is 4.98 Å². The number of carbonyl (C=O) groups excluding carboxylic acids is 2. The Bertz CT molecular complexity index is 751. The predicted molar refractivity (Wildman–Crippen MR) is 81.5 cm³/mol. The number of hydrogen-bond donors (Lipinski definition) is 1. The second-order valence-electron chi connectivity index (χ2n) is 5.86. The largest absolute Gasteiger partial charge is 0.489 e. The summed E-state index contributed by atoms with van der Waals surface area (Å²) in [6.07, 6.45) is 5.60. The van der Waals surface area contributed by atoms with Crippen LogP contribution >= 0.6 is 0 Å². The monoisotopic (exact) mass is 298 g/mol. The van der Waals surface area contributed by atoms with Gasteiger partial charge in [-0.25, -0.2) is 0 Å². The first-order valence-electron chi connectivity index (χ1n) is 7.51. The first-order valence-corrected chi connectivity index (χ1v) is 7.51. The van der Waals surface area contributed by atoms with Crippen molar-refractivity contribution < 1.29 is 14.3 Å². The molecular weight excluding hydrogens is 280 g/mol. The quantitative estimate of drug-likeness (QED) is 0.808. The maximum absolute atomic E-state index is 8.12. The number of anilines is 1. The summed E-state index contributed by atoms with van der Waals surface area (Å²) in [6.45, 7) is 1.98. The third kappa shape index (κ3) is 2.34. The van der Waals surface area contributed by atoms with Crippen LogP contribution in [0.15, 0.2) is 18.2 Å². The number of pyridine rings is 1. The van der Waals surface area contributed by atoms with E-state index in [1.807, 2.05) is 13.0 Å². The van der Waals surface area contributed by atoms with Crippen molar-refractivity contribution in [3.8, 4) is 5.75 Å². The van der Waals surface area contributed by atoms with E-state index >= 15 is 0 Å². The van der Waals surface area contributed by atoms with Gasteiger partial charge in [-0.15, -0.1) is 0 Å². The van der Waals surface area contributed by atoms with Crippen LogP contribution in [0.3, 0.4) is 0 Å². The molecule has 1 saturated carbocycles. The lowest BCUT2D eigenvalue weighted by Gasteiger charge is -2.23. The molecule has 1 aliphatic carbocycles. The van der Waals surface area contributed by atoms with E-state index < -0.39 is 0 Å². The number of aryl methyl sites for hydroxylation is 1. The summed E-state index contributed by atoms with van der Waals surface area (Å²) in [5.41, 5.74) is 10.2. The molecule has 0 spiro atoms. The number of nitrogens with two attached hydrogens (primary N) is 1. The zero-order chi connectivity index (χ0) is 15.7. The Morgan fingerprint density at radius 3 is 2.77 bits per heavy atom. The van der Waals surface area contributed by atoms with Crippen molar-refractivity contribution in [1.29, 1.82) is 0 Å². The maximum Gasteiger partial charge on any atom is 0.373 e. The lowest BCUT2D eigenvalue weighted by atomic mass is 9.83. The van der Waals surface area contributed by atoms with Gasteiger partial charge in [0.25, 0.3) is 0 Å². The highest BCUT2D eigenvalue weighted by molar-refractivity contribution is 5.97. The SMILES string of the molecule is Cc1cc(N)c2c3c(ccc2n1)C1CCCCC1O3.O=C=O. The fraction of sp³-hybridized carbons (Fsp3) is 0.412. The molecule has 5 nitrogen and oxygen atoms in total. The molecule has 114 valence electrons. The number of nitrogen functional groups attached to an aromatic ring is 1. The minimum Gasteiger partial charge on any atom is -0.489 e. The van der Waals surface area contributed by atoms with Crippen LogP contribution in [0.1, 0.15) is 42.9 Å². The van der Waals surface area contributed by atoms with E-state index in [2.05, 4.69) is 17.1 Å². The summed E-state index contributed by atoms with van der Waals surface area (Å²) >= 11 is 0. The summed E-state index contributed by atoms with van der Waals surface area (Å²) < 4.78 is 6.22. The Morgan fingerprint density at radius 2 is 2.00 bits per heavy atom. The highest BCUT2D eigenvalue weighted by Crippen LogP contribution is 2.49. The van der Waals surface area contributed by atoms with Crippen molar-refractivity contribution in [2.75, 3.05) is 5.73 Å². The number of fused-ring (bicyclic) bond motifs is 5. The lowest BCUT2D eigenvalue weighted by Crippen LogP contribution is -2.22. The normalized spacial score (nSPS) is 21.9. The van der Waals surface area contributed by atoms with Crippen molar-refractivity contribution in [1.82, 2.24) is 4.98 Å². The molecule has 1 aromatic carbocycles. The van der Waals surface area contributed by atoms with Gasteiger partial charge in [0.15, 0.2) is 0 Å². The minimum atomic E-state index is 0.250. The van der Waals surface area contributed by atoms with Gasteiger partial charge >= 0.3 is 6.15 Å². The number of benzene rings is 1. The van der Waals surface area contributed by atoms with Crippen molar-refractivity contribution >= 4 is 22.7 Å². The van der Waals surface area contributed by atoms with E-state index in [1.165, 1.54) is 31.2 Å². The molecule has 2 heterocycles. The molecule has 2 aromatic rings. The van der Waals surface area contributed by atoms with E-state index in [0.29, 0.717) is 12.0 Å². The van der Waals surface area contributed by atoms with Gasteiger partial charge in [-0.2, -0.15) is 9.59 Å². The van der Waals surface area contributed by atoms with Gasteiger partial charge < -0.3 is 10.5 Å². The molecule has 2 atom stereocenters. The average molecular weight is 298 g/mol. The van der Waals surface area contributed by atoms with Crippen LogP contribution in [0, 0.1) is 6.92 Å². The minimum absolute atomic E-state index is 0.250. The van der Waals surface area contributed by atoms with Gasteiger partial charge in [0.05, 0.1) is 10.9 Å². The van der Waals surface area contributed by atoms with Crippen molar-refractivity contribution in [3.05, 3.63) is 29.5 Å². The Kier molecular flexibility index (Phi) is 3.82. The number of aromatic nitrogens is 1. The molecule has 2 unspecified atom stereocenters. The molecule has 0 saturated heterocycles. The summed E-state index contributed by atoms with van der Waals surface area (Å²) in [4.78, 5) is 20.8. The maximum atomic E-state index is 8.12. The van der Waals surface area contributed by atoms with E-state index in [9.17, 15) is 0 Å². The Hall–Kier alpha value is -2.39. The Balaban J connectivity index is 0.000000446. The predicted octanol–water partition coefficient (Wildman–Crippen LogP) is 2.96. The Morgan fingerprint density at radius 1 is 1.27 bits per heavy atom. The molecule has 1 aromatic heterocycles.